The summed E-state index contributed by atoms with van der Waals surface area (Å²) >= 11 is 0. The Morgan fingerprint density at radius 1 is 1.28 bits per heavy atom. The molecule has 3 aromatic rings. The summed E-state index contributed by atoms with van der Waals surface area (Å²) in [6.45, 7) is 0. The van der Waals surface area contributed by atoms with E-state index in [9.17, 15) is 4.79 Å². The predicted octanol–water partition coefficient (Wildman–Crippen LogP) is 1.72. The standard InChI is InChI=1S/C13H10N4O/c14-13(18)10-5-12(8-6-15-16-7-8)17-11-4-2-1-3-9(10)11/h1-7H,(H2,14,18)(H,15,16). The Morgan fingerprint density at radius 2 is 2.11 bits per heavy atom. The van der Waals surface area contributed by atoms with Crippen LogP contribution in [-0.2, 0) is 0 Å². The number of carbonyl (C=O) groups is 1. The average Bonchev–Trinajstić information content (AvgIpc) is 2.91. The molecule has 0 saturated carbocycles. The SMILES string of the molecule is NC(=O)c1cc(-c2cn[nH]c2)nc2ccccc12. The molecular formula is C13H10N4O. The fourth-order valence-electron chi connectivity index (χ4n) is 1.92. The zero-order valence-electron chi connectivity index (χ0n) is 9.42. The van der Waals surface area contributed by atoms with Gasteiger partial charge in [-0.05, 0) is 12.1 Å². The number of aromatic amines is 1. The molecule has 0 unspecified atom stereocenters. The van der Waals surface area contributed by atoms with Crippen LogP contribution < -0.4 is 5.73 Å². The van der Waals surface area contributed by atoms with Crippen molar-refractivity contribution in [1.82, 2.24) is 15.2 Å². The molecule has 0 saturated heterocycles. The van der Waals surface area contributed by atoms with Gasteiger partial charge >= 0.3 is 0 Å². The molecule has 1 aromatic carbocycles. The van der Waals surface area contributed by atoms with Crippen molar-refractivity contribution in [3.63, 3.8) is 0 Å². The van der Waals surface area contributed by atoms with Gasteiger partial charge in [0.05, 0.1) is 23.0 Å². The molecule has 5 nitrogen and oxygen atoms in total. The lowest BCUT2D eigenvalue weighted by molar-refractivity contribution is 0.100. The number of rotatable bonds is 2. The van der Waals surface area contributed by atoms with E-state index in [1.807, 2.05) is 24.3 Å². The summed E-state index contributed by atoms with van der Waals surface area (Å²) in [5.74, 6) is -0.460. The van der Waals surface area contributed by atoms with Crippen LogP contribution in [0.15, 0.2) is 42.7 Å². The van der Waals surface area contributed by atoms with Crippen LogP contribution >= 0.6 is 0 Å². The summed E-state index contributed by atoms with van der Waals surface area (Å²) in [5.41, 5.74) is 8.12. The normalized spacial score (nSPS) is 10.7. The molecule has 0 fully saturated rings. The molecule has 5 heteroatoms. The molecule has 0 spiro atoms. The molecule has 3 rings (SSSR count). The number of nitrogens with one attached hydrogen (secondary N) is 1. The van der Waals surface area contributed by atoms with Gasteiger partial charge in [0, 0.05) is 17.1 Å². The molecule has 18 heavy (non-hydrogen) atoms. The minimum absolute atomic E-state index is 0.460. The molecule has 0 aliphatic carbocycles. The molecule has 0 aliphatic rings. The Kier molecular flexibility index (Phi) is 2.30. The molecular weight excluding hydrogens is 228 g/mol. The van der Waals surface area contributed by atoms with Gasteiger partial charge in [0.2, 0.25) is 5.91 Å². The van der Waals surface area contributed by atoms with Crippen LogP contribution in [0.3, 0.4) is 0 Å². The highest BCUT2D eigenvalue weighted by atomic mass is 16.1. The van der Waals surface area contributed by atoms with Gasteiger partial charge in [-0.1, -0.05) is 18.2 Å². The number of hydrogen-bond donors (Lipinski definition) is 2. The van der Waals surface area contributed by atoms with E-state index in [1.54, 1.807) is 18.5 Å². The highest BCUT2D eigenvalue weighted by Crippen LogP contribution is 2.23. The Balaban J connectivity index is 2.33. The summed E-state index contributed by atoms with van der Waals surface area (Å²) in [6, 6.07) is 9.11. The Hall–Kier alpha value is -2.69. The smallest absolute Gasteiger partial charge is 0.249 e. The minimum Gasteiger partial charge on any atom is -0.366 e. The van der Waals surface area contributed by atoms with Crippen LogP contribution in [0, 0.1) is 0 Å². The third kappa shape index (κ3) is 1.62. The quantitative estimate of drug-likeness (QED) is 0.712. The van der Waals surface area contributed by atoms with E-state index >= 15 is 0 Å². The highest BCUT2D eigenvalue weighted by Gasteiger charge is 2.11. The van der Waals surface area contributed by atoms with Crippen molar-refractivity contribution < 1.29 is 4.79 Å². The van der Waals surface area contributed by atoms with E-state index in [1.165, 1.54) is 0 Å². The van der Waals surface area contributed by atoms with Crippen LogP contribution in [0.1, 0.15) is 10.4 Å². The third-order valence-corrected chi connectivity index (χ3v) is 2.78. The second-order valence-electron chi connectivity index (χ2n) is 3.92. The summed E-state index contributed by atoms with van der Waals surface area (Å²) in [6.07, 6.45) is 3.38. The fourth-order valence-corrected chi connectivity index (χ4v) is 1.92. The Morgan fingerprint density at radius 3 is 2.83 bits per heavy atom. The minimum atomic E-state index is -0.460. The fraction of sp³-hybridized carbons (Fsp3) is 0. The number of carbonyl (C=O) groups excluding carboxylic acids is 1. The number of nitrogens with two attached hydrogens (primary N) is 1. The molecule has 0 atom stereocenters. The molecule has 2 heterocycles. The van der Waals surface area contributed by atoms with Gasteiger partial charge < -0.3 is 5.73 Å². The number of primary amides is 1. The van der Waals surface area contributed by atoms with Crippen molar-refractivity contribution in [2.45, 2.75) is 0 Å². The zero-order valence-corrected chi connectivity index (χ0v) is 9.42. The highest BCUT2D eigenvalue weighted by molar-refractivity contribution is 6.06. The van der Waals surface area contributed by atoms with E-state index in [0.29, 0.717) is 11.3 Å². The predicted molar refractivity (Wildman–Crippen MR) is 67.8 cm³/mol. The number of aromatic nitrogens is 3. The van der Waals surface area contributed by atoms with Crippen LogP contribution in [0.5, 0.6) is 0 Å². The Labute approximate surface area is 103 Å². The second kappa shape index (κ2) is 3.96. The van der Waals surface area contributed by atoms with Crippen molar-refractivity contribution in [2.24, 2.45) is 5.73 Å². The Bertz CT molecular complexity index is 719. The number of nitrogens with zero attached hydrogens (tertiary/aromatic N) is 2. The zero-order chi connectivity index (χ0) is 12.5. The van der Waals surface area contributed by atoms with E-state index < -0.39 is 5.91 Å². The first-order valence-electron chi connectivity index (χ1n) is 5.44. The third-order valence-electron chi connectivity index (χ3n) is 2.78. The van der Waals surface area contributed by atoms with Crippen molar-refractivity contribution >= 4 is 16.8 Å². The molecule has 88 valence electrons. The molecule has 0 bridgehead atoms. The number of H-pyrrole nitrogens is 1. The first-order chi connectivity index (χ1) is 8.75. The number of benzene rings is 1. The number of hydrogen-bond acceptors (Lipinski definition) is 3. The molecule has 1 amide bonds. The average molecular weight is 238 g/mol. The van der Waals surface area contributed by atoms with Gasteiger partial charge in [-0.25, -0.2) is 4.98 Å². The van der Waals surface area contributed by atoms with Gasteiger partial charge in [-0.15, -0.1) is 0 Å². The lowest BCUT2D eigenvalue weighted by atomic mass is 10.1. The van der Waals surface area contributed by atoms with Crippen LogP contribution in [0.25, 0.3) is 22.2 Å². The molecule has 0 aliphatic heterocycles. The second-order valence-corrected chi connectivity index (χ2v) is 3.92. The number of para-hydroxylation sites is 1. The van der Waals surface area contributed by atoms with Gasteiger partial charge in [-0.3, -0.25) is 9.89 Å². The van der Waals surface area contributed by atoms with Gasteiger partial charge in [0.25, 0.3) is 0 Å². The maximum absolute atomic E-state index is 11.5. The van der Waals surface area contributed by atoms with Crippen LogP contribution in [0.4, 0.5) is 0 Å². The largest absolute Gasteiger partial charge is 0.366 e. The molecule has 0 radical (unpaired) electrons. The lowest BCUT2D eigenvalue weighted by Gasteiger charge is -2.05. The lowest BCUT2D eigenvalue weighted by Crippen LogP contribution is -2.12. The summed E-state index contributed by atoms with van der Waals surface area (Å²) in [7, 11) is 0. The van der Waals surface area contributed by atoms with Crippen LogP contribution in [0.2, 0.25) is 0 Å². The maximum atomic E-state index is 11.5. The van der Waals surface area contributed by atoms with Gasteiger partial charge in [0.15, 0.2) is 0 Å². The molecule has 3 N–H and O–H groups in total. The van der Waals surface area contributed by atoms with E-state index in [4.69, 9.17) is 5.73 Å². The summed E-state index contributed by atoms with van der Waals surface area (Å²) in [5, 5.41) is 7.35. The van der Waals surface area contributed by atoms with Gasteiger partial charge in [-0.2, -0.15) is 5.10 Å². The van der Waals surface area contributed by atoms with Crippen molar-refractivity contribution in [3.8, 4) is 11.3 Å². The monoisotopic (exact) mass is 238 g/mol. The summed E-state index contributed by atoms with van der Waals surface area (Å²) in [4.78, 5) is 16.0. The topological polar surface area (TPSA) is 84.7 Å². The number of fused-ring (bicyclic) bond motifs is 1. The number of pyridine rings is 1. The first kappa shape index (κ1) is 10.5. The first-order valence-corrected chi connectivity index (χ1v) is 5.44. The van der Waals surface area contributed by atoms with E-state index in [0.717, 1.165) is 16.5 Å². The maximum Gasteiger partial charge on any atom is 0.249 e. The van der Waals surface area contributed by atoms with Gasteiger partial charge in [0.1, 0.15) is 0 Å². The number of amides is 1. The van der Waals surface area contributed by atoms with E-state index in [2.05, 4.69) is 15.2 Å². The van der Waals surface area contributed by atoms with E-state index in [-0.39, 0.29) is 0 Å². The summed E-state index contributed by atoms with van der Waals surface area (Å²) < 4.78 is 0. The van der Waals surface area contributed by atoms with Crippen molar-refractivity contribution in [2.75, 3.05) is 0 Å². The van der Waals surface area contributed by atoms with Crippen molar-refractivity contribution in [1.29, 1.82) is 0 Å². The molecule has 2 aromatic heterocycles. The van der Waals surface area contributed by atoms with Crippen molar-refractivity contribution in [3.05, 3.63) is 48.3 Å². The van der Waals surface area contributed by atoms with Crippen LogP contribution in [-0.4, -0.2) is 21.1 Å².